The first-order valence-corrected chi connectivity index (χ1v) is 9.98. The number of thiophene rings is 1. The standard InChI is InChI=1S/C20H23FN2O2S/c1-14-8-11-26-19(14)13-23(17-5-3-2-4-16(17)21)20(24)25-18-12-22-9-6-15(18)7-10-22/h2-5,8,11,15,18H,6-7,9-10,12-13H2,1H3. The van der Waals surface area contributed by atoms with E-state index in [9.17, 15) is 9.18 Å². The van der Waals surface area contributed by atoms with Crippen LogP contribution >= 0.6 is 11.3 Å². The van der Waals surface area contributed by atoms with E-state index >= 15 is 0 Å². The Morgan fingerprint density at radius 3 is 2.69 bits per heavy atom. The summed E-state index contributed by atoms with van der Waals surface area (Å²) in [5.41, 5.74) is 1.37. The maximum atomic E-state index is 14.4. The van der Waals surface area contributed by atoms with Crippen LogP contribution in [0.15, 0.2) is 35.7 Å². The van der Waals surface area contributed by atoms with Gasteiger partial charge in [-0.25, -0.2) is 9.18 Å². The van der Waals surface area contributed by atoms with Gasteiger partial charge < -0.3 is 4.74 Å². The van der Waals surface area contributed by atoms with Gasteiger partial charge in [0.05, 0.1) is 12.2 Å². The molecule has 6 heteroatoms. The summed E-state index contributed by atoms with van der Waals surface area (Å²) >= 11 is 1.57. The molecule has 1 atom stereocenters. The minimum atomic E-state index is -0.457. The zero-order chi connectivity index (χ0) is 18.1. The molecule has 3 saturated heterocycles. The number of para-hydroxylation sites is 1. The quantitative estimate of drug-likeness (QED) is 0.793. The smallest absolute Gasteiger partial charge is 0.415 e. The molecule has 1 unspecified atom stereocenters. The van der Waals surface area contributed by atoms with Crippen molar-refractivity contribution in [3.05, 3.63) is 52.0 Å². The van der Waals surface area contributed by atoms with Crippen LogP contribution in [0.1, 0.15) is 23.3 Å². The molecule has 5 rings (SSSR count). The highest BCUT2D eigenvalue weighted by molar-refractivity contribution is 7.10. The fourth-order valence-electron chi connectivity index (χ4n) is 3.87. The van der Waals surface area contributed by atoms with Crippen LogP contribution in [0.5, 0.6) is 0 Å². The van der Waals surface area contributed by atoms with E-state index in [1.165, 1.54) is 11.0 Å². The summed E-state index contributed by atoms with van der Waals surface area (Å²) in [6.45, 7) is 5.29. The van der Waals surface area contributed by atoms with Gasteiger partial charge in [0.15, 0.2) is 0 Å². The number of halogens is 1. The van der Waals surface area contributed by atoms with E-state index in [2.05, 4.69) is 4.90 Å². The molecule has 0 spiro atoms. The highest BCUT2D eigenvalue weighted by atomic mass is 32.1. The van der Waals surface area contributed by atoms with E-state index < -0.39 is 11.9 Å². The maximum Gasteiger partial charge on any atom is 0.415 e. The number of fused-ring (bicyclic) bond motifs is 3. The number of amides is 1. The topological polar surface area (TPSA) is 32.8 Å². The molecule has 0 saturated carbocycles. The Hall–Kier alpha value is -1.92. The van der Waals surface area contributed by atoms with Gasteiger partial charge >= 0.3 is 6.09 Å². The van der Waals surface area contributed by atoms with Crippen LogP contribution in [0.4, 0.5) is 14.9 Å². The summed E-state index contributed by atoms with van der Waals surface area (Å²) in [5, 5.41) is 1.99. The normalized spacial score (nSPS) is 24.5. The van der Waals surface area contributed by atoms with Gasteiger partial charge in [0, 0.05) is 11.4 Å². The van der Waals surface area contributed by atoms with Crippen molar-refractivity contribution in [1.29, 1.82) is 0 Å². The van der Waals surface area contributed by atoms with Crippen LogP contribution < -0.4 is 4.90 Å². The summed E-state index contributed by atoms with van der Waals surface area (Å²) in [5.74, 6) is 0.0162. The van der Waals surface area contributed by atoms with Crippen LogP contribution in [0.3, 0.4) is 0 Å². The van der Waals surface area contributed by atoms with Crippen LogP contribution in [-0.4, -0.2) is 36.7 Å². The minimum absolute atomic E-state index is 0.0938. The predicted molar refractivity (Wildman–Crippen MR) is 101 cm³/mol. The Labute approximate surface area is 157 Å². The second kappa shape index (κ2) is 7.37. The van der Waals surface area contributed by atoms with Gasteiger partial charge in [-0.2, -0.15) is 0 Å². The molecule has 3 aliphatic heterocycles. The SMILES string of the molecule is Cc1ccsc1CN(C(=O)OC1CN2CCC1CC2)c1ccccc1F. The van der Waals surface area contributed by atoms with Crippen molar-refractivity contribution < 1.29 is 13.9 Å². The second-order valence-electron chi connectivity index (χ2n) is 7.12. The molecule has 3 fully saturated rings. The molecule has 4 heterocycles. The highest BCUT2D eigenvalue weighted by Crippen LogP contribution is 2.31. The van der Waals surface area contributed by atoms with Crippen molar-refractivity contribution in [2.75, 3.05) is 24.5 Å². The van der Waals surface area contributed by atoms with Gasteiger partial charge in [-0.3, -0.25) is 9.80 Å². The van der Waals surface area contributed by atoms with E-state index in [0.29, 0.717) is 12.5 Å². The number of carbonyl (C=O) groups excluding carboxylic acids is 1. The Morgan fingerprint density at radius 2 is 2.08 bits per heavy atom. The third-order valence-corrected chi connectivity index (χ3v) is 6.49. The molecule has 2 bridgehead atoms. The van der Waals surface area contributed by atoms with Crippen LogP contribution in [0, 0.1) is 18.7 Å². The van der Waals surface area contributed by atoms with Crippen molar-refractivity contribution >= 4 is 23.1 Å². The van der Waals surface area contributed by atoms with Gasteiger partial charge in [-0.1, -0.05) is 12.1 Å². The van der Waals surface area contributed by atoms with Gasteiger partial charge in [0.2, 0.25) is 0 Å². The molecule has 2 aromatic rings. The highest BCUT2D eigenvalue weighted by Gasteiger charge is 2.37. The largest absolute Gasteiger partial charge is 0.444 e. The van der Waals surface area contributed by atoms with Gasteiger partial charge in [-0.05, 0) is 67.9 Å². The molecule has 4 nitrogen and oxygen atoms in total. The fraction of sp³-hybridized carbons (Fsp3) is 0.450. The molecule has 0 radical (unpaired) electrons. The molecule has 1 aromatic heterocycles. The van der Waals surface area contributed by atoms with E-state index in [4.69, 9.17) is 4.74 Å². The number of ether oxygens (including phenoxy) is 1. The molecular weight excluding hydrogens is 351 g/mol. The van der Waals surface area contributed by atoms with Gasteiger partial charge in [0.1, 0.15) is 11.9 Å². The first-order chi connectivity index (χ1) is 12.6. The number of carbonyl (C=O) groups is 1. The molecule has 26 heavy (non-hydrogen) atoms. The van der Waals surface area contributed by atoms with E-state index in [1.54, 1.807) is 29.5 Å². The Balaban J connectivity index is 1.57. The predicted octanol–water partition coefficient (Wildman–Crippen LogP) is 4.43. The van der Waals surface area contributed by atoms with Gasteiger partial charge in [0.25, 0.3) is 0 Å². The zero-order valence-electron chi connectivity index (χ0n) is 14.9. The van der Waals surface area contributed by atoms with Crippen molar-refractivity contribution in [1.82, 2.24) is 4.90 Å². The number of hydrogen-bond donors (Lipinski definition) is 0. The molecule has 3 aliphatic rings. The fourth-order valence-corrected chi connectivity index (χ4v) is 4.76. The number of aryl methyl sites for hydroxylation is 1. The molecule has 138 valence electrons. The number of rotatable bonds is 4. The Bertz CT molecular complexity index is 786. The lowest BCUT2D eigenvalue weighted by atomic mass is 9.86. The average molecular weight is 374 g/mol. The summed E-state index contributed by atoms with van der Waals surface area (Å²) < 4.78 is 20.3. The first-order valence-electron chi connectivity index (χ1n) is 9.10. The number of hydrogen-bond acceptors (Lipinski definition) is 4. The summed E-state index contributed by atoms with van der Waals surface area (Å²) in [7, 11) is 0. The Kier molecular flexibility index (Phi) is 4.96. The number of anilines is 1. The van der Waals surface area contributed by atoms with Crippen LogP contribution in [0.2, 0.25) is 0 Å². The van der Waals surface area contributed by atoms with E-state index in [1.807, 2.05) is 18.4 Å². The average Bonchev–Trinajstić information content (AvgIpc) is 3.06. The van der Waals surface area contributed by atoms with Crippen molar-refractivity contribution in [3.8, 4) is 0 Å². The third kappa shape index (κ3) is 3.48. The number of benzene rings is 1. The molecular formula is C20H23FN2O2S. The summed E-state index contributed by atoms with van der Waals surface area (Å²) in [6, 6.07) is 8.40. The zero-order valence-corrected chi connectivity index (χ0v) is 15.7. The first kappa shape index (κ1) is 17.5. The minimum Gasteiger partial charge on any atom is -0.444 e. The van der Waals surface area contributed by atoms with Crippen molar-refractivity contribution in [3.63, 3.8) is 0 Å². The van der Waals surface area contributed by atoms with Gasteiger partial charge in [-0.15, -0.1) is 11.3 Å². The Morgan fingerprint density at radius 1 is 1.31 bits per heavy atom. The summed E-state index contributed by atoms with van der Waals surface area (Å²) in [6.07, 6.45) is 1.59. The molecule has 1 aromatic carbocycles. The third-order valence-electron chi connectivity index (χ3n) is 5.48. The lowest BCUT2D eigenvalue weighted by molar-refractivity contribution is -0.0311. The molecule has 1 amide bonds. The monoisotopic (exact) mass is 374 g/mol. The van der Waals surface area contributed by atoms with Crippen LogP contribution in [0.25, 0.3) is 0 Å². The number of nitrogens with zero attached hydrogens (tertiary/aromatic N) is 2. The summed E-state index contributed by atoms with van der Waals surface area (Å²) in [4.78, 5) is 17.8. The van der Waals surface area contributed by atoms with Crippen molar-refractivity contribution in [2.45, 2.75) is 32.4 Å². The van der Waals surface area contributed by atoms with Crippen molar-refractivity contribution in [2.24, 2.45) is 5.92 Å². The van der Waals surface area contributed by atoms with Crippen LogP contribution in [-0.2, 0) is 11.3 Å². The lowest BCUT2D eigenvalue weighted by Crippen LogP contribution is -2.53. The maximum absolute atomic E-state index is 14.4. The van der Waals surface area contributed by atoms with E-state index in [0.717, 1.165) is 42.9 Å². The second-order valence-corrected chi connectivity index (χ2v) is 8.13. The lowest BCUT2D eigenvalue weighted by Gasteiger charge is -2.44. The van der Waals surface area contributed by atoms with E-state index in [-0.39, 0.29) is 11.8 Å². The number of piperidine rings is 3. The molecule has 0 aliphatic carbocycles. The molecule has 0 N–H and O–H groups in total.